The van der Waals surface area contributed by atoms with Crippen LogP contribution in [0.1, 0.15) is 32.1 Å². The van der Waals surface area contributed by atoms with Gasteiger partial charge in [-0.3, -0.25) is 0 Å². The van der Waals surface area contributed by atoms with Gasteiger partial charge in [0.25, 0.3) is 10.2 Å². The van der Waals surface area contributed by atoms with E-state index in [2.05, 4.69) is 0 Å². The van der Waals surface area contributed by atoms with E-state index in [0.717, 1.165) is 51.6 Å². The third-order valence-electron chi connectivity index (χ3n) is 5.80. The van der Waals surface area contributed by atoms with Gasteiger partial charge >= 0.3 is 0 Å². The van der Waals surface area contributed by atoms with Crippen molar-refractivity contribution in [3.8, 4) is 0 Å². The number of piperidine rings is 1. The van der Waals surface area contributed by atoms with Crippen LogP contribution in [0.5, 0.6) is 0 Å². The van der Waals surface area contributed by atoms with Crippen LogP contribution in [0, 0.1) is 17.3 Å². The first-order valence-electron chi connectivity index (χ1n) is 8.77. The second-order valence-electron chi connectivity index (χ2n) is 7.55. The van der Waals surface area contributed by atoms with Crippen LogP contribution in [0.4, 0.5) is 0 Å². The lowest BCUT2D eigenvalue weighted by Crippen LogP contribution is -2.52. The molecule has 1 spiro atoms. The first kappa shape index (κ1) is 17.6. The minimum Gasteiger partial charge on any atom is -0.381 e. The topological polar surface area (TPSA) is 59.1 Å². The molecule has 1 atom stereocenters. The molecular formula is C16H30N2O4S. The largest absolute Gasteiger partial charge is 0.381 e. The summed E-state index contributed by atoms with van der Waals surface area (Å²) in [4.78, 5) is 0. The van der Waals surface area contributed by atoms with Crippen LogP contribution >= 0.6 is 0 Å². The molecule has 3 rings (SSSR count). The molecule has 0 amide bonds. The molecule has 2 saturated heterocycles. The van der Waals surface area contributed by atoms with Crippen molar-refractivity contribution in [3.63, 3.8) is 0 Å². The predicted molar refractivity (Wildman–Crippen MR) is 88.3 cm³/mol. The Morgan fingerprint density at radius 1 is 1.17 bits per heavy atom. The molecule has 134 valence electrons. The molecular weight excluding hydrogens is 316 g/mol. The zero-order valence-electron chi connectivity index (χ0n) is 14.4. The lowest BCUT2D eigenvalue weighted by molar-refractivity contribution is -0.0950. The zero-order chi connectivity index (χ0) is 16.5. The average molecular weight is 346 g/mol. The third kappa shape index (κ3) is 3.90. The van der Waals surface area contributed by atoms with Gasteiger partial charge in [-0.25, -0.2) is 0 Å². The van der Waals surface area contributed by atoms with E-state index in [0.29, 0.717) is 19.0 Å². The maximum absolute atomic E-state index is 12.3. The monoisotopic (exact) mass is 346 g/mol. The number of nitrogens with zero attached hydrogens (tertiary/aromatic N) is 2. The fourth-order valence-corrected chi connectivity index (χ4v) is 4.93. The number of hydrogen-bond donors (Lipinski definition) is 0. The molecule has 0 radical (unpaired) electrons. The van der Waals surface area contributed by atoms with E-state index in [1.165, 1.54) is 17.1 Å². The van der Waals surface area contributed by atoms with Crippen LogP contribution in [0.2, 0.25) is 0 Å². The molecule has 0 bridgehead atoms. The highest BCUT2D eigenvalue weighted by molar-refractivity contribution is 7.86. The fraction of sp³-hybridized carbons (Fsp3) is 1.00. The smallest absolute Gasteiger partial charge is 0.281 e. The lowest BCUT2D eigenvalue weighted by Gasteiger charge is -2.48. The molecule has 2 heterocycles. The quantitative estimate of drug-likeness (QED) is 0.728. The standard InChI is InChI=1S/C16H30N2O4S/c1-17(2)23(19,20)18-8-5-16(6-9-18)7-10-21-12-15(16)13-22-11-14-3-4-14/h14-15H,3-13H2,1-2H3/t15-/m0/s1. The Morgan fingerprint density at radius 3 is 2.48 bits per heavy atom. The second kappa shape index (κ2) is 6.96. The van der Waals surface area contributed by atoms with Gasteiger partial charge in [-0.05, 0) is 43.4 Å². The van der Waals surface area contributed by atoms with E-state index in [4.69, 9.17) is 9.47 Å². The van der Waals surface area contributed by atoms with Crippen molar-refractivity contribution in [2.45, 2.75) is 32.1 Å². The van der Waals surface area contributed by atoms with E-state index >= 15 is 0 Å². The Balaban J connectivity index is 1.58. The summed E-state index contributed by atoms with van der Waals surface area (Å²) in [5.41, 5.74) is 0.195. The van der Waals surface area contributed by atoms with Gasteiger partial charge < -0.3 is 9.47 Å². The van der Waals surface area contributed by atoms with E-state index in [-0.39, 0.29) is 5.41 Å². The maximum atomic E-state index is 12.3. The molecule has 3 aliphatic rings. The van der Waals surface area contributed by atoms with Crippen LogP contribution in [-0.4, -0.2) is 70.6 Å². The normalized spacial score (nSPS) is 29.3. The Kier molecular flexibility index (Phi) is 5.33. The van der Waals surface area contributed by atoms with Gasteiger partial charge in [-0.15, -0.1) is 0 Å². The Hall–Kier alpha value is -0.210. The third-order valence-corrected chi connectivity index (χ3v) is 7.75. The molecule has 23 heavy (non-hydrogen) atoms. The average Bonchev–Trinajstić information content (AvgIpc) is 3.34. The van der Waals surface area contributed by atoms with Gasteiger partial charge in [-0.2, -0.15) is 17.0 Å². The number of ether oxygens (including phenoxy) is 2. The molecule has 2 aliphatic heterocycles. The van der Waals surface area contributed by atoms with Crippen LogP contribution in [0.3, 0.4) is 0 Å². The first-order valence-corrected chi connectivity index (χ1v) is 10.2. The Bertz CT molecular complexity index is 496. The minimum atomic E-state index is -3.29. The first-order chi connectivity index (χ1) is 10.9. The van der Waals surface area contributed by atoms with Crippen LogP contribution < -0.4 is 0 Å². The summed E-state index contributed by atoms with van der Waals surface area (Å²) in [5, 5.41) is 0. The number of hydrogen-bond acceptors (Lipinski definition) is 4. The van der Waals surface area contributed by atoms with Crippen molar-refractivity contribution in [2.75, 3.05) is 53.6 Å². The van der Waals surface area contributed by atoms with Crippen molar-refractivity contribution in [1.82, 2.24) is 8.61 Å². The SMILES string of the molecule is CN(C)S(=O)(=O)N1CCC2(CCOC[C@H]2COCC2CC2)CC1. The van der Waals surface area contributed by atoms with E-state index in [1.54, 1.807) is 18.4 Å². The summed E-state index contributed by atoms with van der Waals surface area (Å²) in [7, 11) is -0.0888. The summed E-state index contributed by atoms with van der Waals surface area (Å²) in [6, 6.07) is 0. The van der Waals surface area contributed by atoms with Crippen LogP contribution in [0.15, 0.2) is 0 Å². The van der Waals surface area contributed by atoms with Crippen molar-refractivity contribution >= 4 is 10.2 Å². The summed E-state index contributed by atoms with van der Waals surface area (Å²) in [5.74, 6) is 1.18. The highest BCUT2D eigenvalue weighted by Crippen LogP contribution is 2.45. The minimum absolute atomic E-state index is 0.195. The van der Waals surface area contributed by atoms with Gasteiger partial charge in [-0.1, -0.05) is 0 Å². The van der Waals surface area contributed by atoms with Gasteiger partial charge in [0.2, 0.25) is 0 Å². The summed E-state index contributed by atoms with van der Waals surface area (Å²) in [6.07, 6.45) is 5.48. The van der Waals surface area contributed by atoms with E-state index in [9.17, 15) is 8.42 Å². The van der Waals surface area contributed by atoms with Gasteiger partial charge in [0.1, 0.15) is 0 Å². The molecule has 0 aromatic rings. The Morgan fingerprint density at radius 2 is 1.87 bits per heavy atom. The van der Waals surface area contributed by atoms with Crippen molar-refractivity contribution in [2.24, 2.45) is 17.3 Å². The molecule has 1 saturated carbocycles. The molecule has 0 aromatic carbocycles. The van der Waals surface area contributed by atoms with E-state index < -0.39 is 10.2 Å². The summed E-state index contributed by atoms with van der Waals surface area (Å²) in [6.45, 7) is 4.41. The molecule has 0 N–H and O–H groups in total. The molecule has 6 nitrogen and oxygen atoms in total. The maximum Gasteiger partial charge on any atom is 0.281 e. The fourth-order valence-electron chi connectivity index (χ4n) is 3.82. The van der Waals surface area contributed by atoms with Gasteiger partial charge in [0.15, 0.2) is 0 Å². The van der Waals surface area contributed by atoms with Crippen molar-refractivity contribution in [1.29, 1.82) is 0 Å². The Labute approximate surface area is 140 Å². The summed E-state index contributed by atoms with van der Waals surface area (Å²) < 4.78 is 39.2. The van der Waals surface area contributed by atoms with Gasteiger partial charge in [0, 0.05) is 46.3 Å². The number of rotatable bonds is 6. The van der Waals surface area contributed by atoms with Crippen molar-refractivity contribution < 1.29 is 17.9 Å². The van der Waals surface area contributed by atoms with Gasteiger partial charge in [0.05, 0.1) is 13.2 Å². The summed E-state index contributed by atoms with van der Waals surface area (Å²) >= 11 is 0. The molecule has 3 fully saturated rings. The highest BCUT2D eigenvalue weighted by Gasteiger charge is 2.45. The molecule has 1 aliphatic carbocycles. The van der Waals surface area contributed by atoms with Crippen LogP contribution in [-0.2, 0) is 19.7 Å². The highest BCUT2D eigenvalue weighted by atomic mass is 32.2. The van der Waals surface area contributed by atoms with Crippen molar-refractivity contribution in [3.05, 3.63) is 0 Å². The predicted octanol–water partition coefficient (Wildman–Crippen LogP) is 1.34. The van der Waals surface area contributed by atoms with E-state index in [1.807, 2.05) is 0 Å². The molecule has 0 unspecified atom stereocenters. The van der Waals surface area contributed by atoms with Crippen LogP contribution in [0.25, 0.3) is 0 Å². The second-order valence-corrected chi connectivity index (χ2v) is 9.70. The zero-order valence-corrected chi connectivity index (χ0v) is 15.2. The molecule has 0 aromatic heterocycles. The molecule has 7 heteroatoms. The lowest BCUT2D eigenvalue weighted by atomic mass is 9.66.